The van der Waals surface area contributed by atoms with Crippen LogP contribution in [-0.2, 0) is 44.3 Å². The number of hydrogen-bond donors (Lipinski definition) is 0. The Labute approximate surface area is 398 Å². The zero-order valence-corrected chi connectivity index (χ0v) is 44.9. The monoisotopic (exact) mass is 949 g/mol. The quantitative estimate of drug-likeness (QED) is 0.0532. The molecule has 3 fully saturated rings. The average molecular weight is 949 g/mol. The van der Waals surface area contributed by atoms with Gasteiger partial charge in [0, 0.05) is 45.1 Å². The van der Waals surface area contributed by atoms with Gasteiger partial charge in [-0.25, -0.2) is 0 Å². The van der Waals surface area contributed by atoms with Gasteiger partial charge in [0.25, 0.3) is 0 Å². The van der Waals surface area contributed by atoms with E-state index in [0.717, 1.165) is 68.0 Å². The van der Waals surface area contributed by atoms with Gasteiger partial charge >= 0.3 is 5.97 Å². The summed E-state index contributed by atoms with van der Waals surface area (Å²) in [7, 11) is 1.09. The fourth-order valence-corrected chi connectivity index (χ4v) is 16.2. The minimum absolute atomic E-state index is 0.00141. The van der Waals surface area contributed by atoms with Gasteiger partial charge in [-0.05, 0) is 116 Å². The van der Waals surface area contributed by atoms with Gasteiger partial charge in [0.1, 0.15) is 18.0 Å². The highest BCUT2D eigenvalue weighted by Gasteiger charge is 2.48. The molecule has 0 saturated carbocycles. The van der Waals surface area contributed by atoms with Crippen LogP contribution in [0.1, 0.15) is 140 Å². The van der Waals surface area contributed by atoms with Crippen molar-refractivity contribution in [2.45, 2.75) is 206 Å². The summed E-state index contributed by atoms with van der Waals surface area (Å²) < 4.78 is 46.1. The van der Waals surface area contributed by atoms with Gasteiger partial charge in [0.15, 0.2) is 19.9 Å². The van der Waals surface area contributed by atoms with E-state index < -0.39 is 44.4 Å². The Morgan fingerprint density at radius 3 is 2.08 bits per heavy atom. The summed E-state index contributed by atoms with van der Waals surface area (Å²) in [4.78, 5) is 26.9. The van der Waals surface area contributed by atoms with Crippen LogP contribution in [0.5, 0.6) is 5.75 Å². The van der Waals surface area contributed by atoms with Gasteiger partial charge in [-0.2, -0.15) is 0 Å². The number of rotatable bonds is 25. The molecule has 0 amide bonds. The van der Waals surface area contributed by atoms with Crippen LogP contribution in [0.3, 0.4) is 0 Å². The van der Waals surface area contributed by atoms with Gasteiger partial charge in [-0.3, -0.25) is 9.59 Å². The van der Waals surface area contributed by atoms with Crippen LogP contribution in [0.4, 0.5) is 0 Å². The van der Waals surface area contributed by atoms with E-state index in [1.165, 1.54) is 24.9 Å². The molecule has 0 aliphatic carbocycles. The molecule has 0 aromatic heterocycles. The van der Waals surface area contributed by atoms with Crippen molar-refractivity contribution in [3.8, 4) is 5.75 Å². The molecule has 64 heavy (non-hydrogen) atoms. The molecule has 0 radical (unpaired) electrons. The first kappa shape index (κ1) is 55.2. The summed E-state index contributed by atoms with van der Waals surface area (Å²) in [6.07, 6.45) is 9.69. The number of carbonyl (C=O) groups excluding carboxylic acids is 2. The number of ether oxygens (including phenoxy) is 6. The maximum absolute atomic E-state index is 14.5. The molecule has 12 atom stereocenters. The summed E-state index contributed by atoms with van der Waals surface area (Å²) in [5, 5.41) is 0. The van der Waals surface area contributed by atoms with Crippen molar-refractivity contribution < 1.29 is 42.4 Å². The molecule has 1 aromatic carbocycles. The molecule has 3 aliphatic rings. The maximum Gasteiger partial charge on any atom is 0.303 e. The normalized spacial score (nSPS) is 27.4. The highest BCUT2D eigenvalue weighted by molar-refractivity contribution is 8.18. The van der Waals surface area contributed by atoms with E-state index in [4.69, 9.17) is 32.8 Å². The van der Waals surface area contributed by atoms with Crippen LogP contribution in [0.25, 0.3) is 0 Å². The fraction of sp³-hybridized carbons (Fsp3) is 0.808. The zero-order chi connectivity index (χ0) is 47.2. The Bertz CT molecular complexity index is 1570. The van der Waals surface area contributed by atoms with Crippen LogP contribution in [0.15, 0.2) is 36.4 Å². The van der Waals surface area contributed by atoms with Crippen molar-refractivity contribution in [1.82, 2.24) is 0 Å². The third kappa shape index (κ3) is 15.1. The number of allylic oxidation sites excluding steroid dienone is 1. The molecule has 12 heteroatoms. The molecule has 0 N–H and O–H groups in total. The number of esters is 1. The number of thioether (sulfide) groups is 2. The highest BCUT2D eigenvalue weighted by atomic mass is 32.2. The molecule has 3 heterocycles. The lowest BCUT2D eigenvalue weighted by Gasteiger charge is -2.51. The molecular formula is C52H88O9S2Si. The number of benzene rings is 1. The van der Waals surface area contributed by atoms with Crippen molar-refractivity contribution in [2.75, 3.05) is 25.7 Å². The van der Waals surface area contributed by atoms with E-state index in [1.54, 1.807) is 20.3 Å². The molecule has 0 bridgehead atoms. The van der Waals surface area contributed by atoms with Crippen LogP contribution in [0, 0.1) is 35.5 Å². The molecular weight excluding hydrogens is 861 g/mol. The molecule has 366 valence electrons. The number of ketones is 1. The Morgan fingerprint density at radius 1 is 0.891 bits per heavy atom. The van der Waals surface area contributed by atoms with E-state index in [0.29, 0.717) is 30.8 Å². The molecule has 0 unspecified atom stereocenters. The first-order valence-corrected chi connectivity index (χ1v) is 29.4. The summed E-state index contributed by atoms with van der Waals surface area (Å²) in [6, 6.07) is 10.6. The maximum atomic E-state index is 14.5. The smallest absolute Gasteiger partial charge is 0.303 e. The third-order valence-corrected chi connectivity index (χ3v) is 23.5. The second-order valence-electron chi connectivity index (χ2n) is 20.0. The number of hydrogen-bond acceptors (Lipinski definition) is 11. The molecule has 1 aromatic rings. The van der Waals surface area contributed by atoms with Crippen LogP contribution in [0.2, 0.25) is 18.1 Å². The standard InChI is InChI=1S/C52H88O9S2Si/c1-15-64(16-2,17-3)61-47(50(56-14)48(35(4)5)58-41(11)53)33-46(57-34-42-21-23-43(55-13)24-22-42)40(10)44(54)25-19-37(7)49-38(8)28-30-52(60-49)29-27-36(6)45(59-52)26-20-39(9)51(12)62-31-18-32-63-51/h19,21-25,35-40,45-50H,15-18,20,26-34H2,1-14H3/b25-19+/t36-,37-,38+,39+,40+,45+,46+,47-,48-,49+,50+,52-/m1/s1. The SMILES string of the molecule is CC[Si](CC)(CC)O[C@H](C[C@H](OCc1ccc(OC)cc1)[C@@H](C)C(=O)/C=C/[C@@H](C)[C@@H]1O[C@]2(CC[C@@H](C)[C@H](CC[C@H](C)C3(C)SCCCS3)O2)CC[C@@H]1C)[C@H](OC)[C@H](OC(C)=O)C(C)C. The van der Waals surface area contributed by atoms with E-state index in [1.807, 2.05) is 45.0 Å². The summed E-state index contributed by atoms with van der Waals surface area (Å²) in [5.41, 5.74) is 0.972. The van der Waals surface area contributed by atoms with Crippen molar-refractivity contribution in [3.05, 3.63) is 42.0 Å². The van der Waals surface area contributed by atoms with Gasteiger partial charge in [-0.15, -0.1) is 23.5 Å². The van der Waals surface area contributed by atoms with Crippen molar-refractivity contribution in [2.24, 2.45) is 35.5 Å². The summed E-state index contributed by atoms with van der Waals surface area (Å²) in [6.45, 7) is 26.1. The van der Waals surface area contributed by atoms with Gasteiger partial charge in [-0.1, -0.05) is 87.4 Å². The lowest BCUT2D eigenvalue weighted by Crippen LogP contribution is -2.53. The Balaban J connectivity index is 1.55. The minimum Gasteiger partial charge on any atom is -0.497 e. The average Bonchev–Trinajstić information content (AvgIpc) is 3.29. The molecule has 4 rings (SSSR count). The third-order valence-electron chi connectivity index (χ3n) is 15.2. The first-order valence-electron chi connectivity index (χ1n) is 24.9. The van der Waals surface area contributed by atoms with E-state index >= 15 is 0 Å². The second-order valence-corrected chi connectivity index (χ2v) is 28.1. The van der Waals surface area contributed by atoms with E-state index in [2.05, 4.69) is 85.0 Å². The Morgan fingerprint density at radius 2 is 1.52 bits per heavy atom. The van der Waals surface area contributed by atoms with Crippen molar-refractivity contribution in [1.29, 1.82) is 0 Å². The van der Waals surface area contributed by atoms with Gasteiger partial charge < -0.3 is 32.8 Å². The Kier molecular flexibility index (Phi) is 22.3. The van der Waals surface area contributed by atoms with Gasteiger partial charge in [0.05, 0.1) is 42.2 Å². The van der Waals surface area contributed by atoms with Crippen LogP contribution < -0.4 is 4.74 Å². The van der Waals surface area contributed by atoms with Crippen molar-refractivity contribution >= 4 is 43.6 Å². The topological polar surface area (TPSA) is 98.8 Å². The number of methoxy groups -OCH3 is 2. The molecule has 9 nitrogen and oxygen atoms in total. The zero-order valence-electron chi connectivity index (χ0n) is 42.3. The fourth-order valence-electron chi connectivity index (χ4n) is 10.1. The summed E-state index contributed by atoms with van der Waals surface area (Å²) in [5.74, 6) is 3.25. The van der Waals surface area contributed by atoms with Crippen molar-refractivity contribution in [3.63, 3.8) is 0 Å². The van der Waals surface area contributed by atoms with Gasteiger partial charge in [0.2, 0.25) is 0 Å². The first-order chi connectivity index (χ1) is 30.4. The predicted molar refractivity (Wildman–Crippen MR) is 268 cm³/mol. The minimum atomic E-state index is -2.22. The Hall–Kier alpha value is -1.38. The largest absolute Gasteiger partial charge is 0.497 e. The summed E-state index contributed by atoms with van der Waals surface area (Å²) >= 11 is 4.28. The van der Waals surface area contributed by atoms with Crippen LogP contribution >= 0.6 is 23.5 Å². The number of carbonyl (C=O) groups is 2. The van der Waals surface area contributed by atoms with Crippen LogP contribution in [-0.4, -0.2) is 92.3 Å². The predicted octanol–water partition coefficient (Wildman–Crippen LogP) is 12.7. The van der Waals surface area contributed by atoms with E-state index in [-0.39, 0.29) is 39.9 Å². The lowest BCUT2D eigenvalue weighted by atomic mass is 9.80. The highest BCUT2D eigenvalue weighted by Crippen LogP contribution is 2.50. The lowest BCUT2D eigenvalue weighted by molar-refractivity contribution is -0.335. The second kappa shape index (κ2) is 25.8. The molecule has 3 aliphatic heterocycles. The molecule has 3 saturated heterocycles. The molecule has 1 spiro atoms. The van der Waals surface area contributed by atoms with E-state index in [9.17, 15) is 9.59 Å².